The zero-order valence-electron chi connectivity index (χ0n) is 16.2. The number of hydrogen-bond acceptors (Lipinski definition) is 6. The van der Waals surface area contributed by atoms with Crippen molar-refractivity contribution in [1.82, 2.24) is 15.5 Å². The van der Waals surface area contributed by atoms with Crippen molar-refractivity contribution < 1.29 is 28.7 Å². The Morgan fingerprint density at radius 1 is 1.21 bits per heavy atom. The van der Waals surface area contributed by atoms with E-state index in [0.29, 0.717) is 18.6 Å². The van der Waals surface area contributed by atoms with Gasteiger partial charge < -0.3 is 20.1 Å². The summed E-state index contributed by atoms with van der Waals surface area (Å²) in [5, 5.41) is 5.24. The summed E-state index contributed by atoms with van der Waals surface area (Å²) in [4.78, 5) is 49.1. The molecule has 1 fully saturated rings. The van der Waals surface area contributed by atoms with E-state index in [1.165, 1.54) is 0 Å². The van der Waals surface area contributed by atoms with Gasteiger partial charge in [0.25, 0.3) is 11.8 Å². The molecule has 2 rings (SSSR count). The van der Waals surface area contributed by atoms with Gasteiger partial charge in [-0.05, 0) is 30.5 Å². The zero-order valence-corrected chi connectivity index (χ0v) is 16.2. The average molecular weight is 391 g/mol. The summed E-state index contributed by atoms with van der Waals surface area (Å²) in [7, 11) is 1.55. The van der Waals surface area contributed by atoms with Crippen molar-refractivity contribution in [2.75, 3.05) is 20.3 Å². The molecular weight excluding hydrogens is 366 g/mol. The number of nitrogens with zero attached hydrogens (tertiary/aromatic N) is 1. The Bertz CT molecular complexity index is 760. The first-order chi connectivity index (χ1) is 13.3. The van der Waals surface area contributed by atoms with Crippen LogP contribution in [0.25, 0.3) is 0 Å². The predicted molar refractivity (Wildman–Crippen MR) is 99.4 cm³/mol. The van der Waals surface area contributed by atoms with Crippen LogP contribution in [0.5, 0.6) is 5.75 Å². The lowest BCUT2D eigenvalue weighted by Crippen LogP contribution is -2.46. The van der Waals surface area contributed by atoms with Gasteiger partial charge in [-0.1, -0.05) is 26.0 Å². The minimum Gasteiger partial charge on any atom is -0.497 e. The van der Waals surface area contributed by atoms with Crippen LogP contribution in [0.15, 0.2) is 24.3 Å². The normalized spacial score (nSPS) is 15.2. The Morgan fingerprint density at radius 3 is 2.54 bits per heavy atom. The third-order valence-corrected chi connectivity index (χ3v) is 4.73. The second-order valence-electron chi connectivity index (χ2n) is 6.40. The molecule has 9 nitrogen and oxygen atoms in total. The maximum absolute atomic E-state index is 12.4. The molecule has 0 atom stereocenters. The fraction of sp³-hybridized carbons (Fsp3) is 0.474. The first kappa shape index (κ1) is 21.2. The topological polar surface area (TPSA) is 114 Å². The molecule has 1 saturated heterocycles. The highest BCUT2D eigenvalue weighted by Crippen LogP contribution is 2.24. The summed E-state index contributed by atoms with van der Waals surface area (Å²) in [6, 6.07) is 6.55. The first-order valence-corrected chi connectivity index (χ1v) is 9.04. The molecule has 152 valence electrons. The Kier molecular flexibility index (Phi) is 6.97. The third-order valence-electron chi connectivity index (χ3n) is 4.73. The van der Waals surface area contributed by atoms with Crippen molar-refractivity contribution in [3.05, 3.63) is 29.8 Å². The Morgan fingerprint density at radius 2 is 1.93 bits per heavy atom. The van der Waals surface area contributed by atoms with E-state index in [1.54, 1.807) is 39.2 Å². The number of carbonyl (C=O) groups is 4. The fourth-order valence-corrected chi connectivity index (χ4v) is 2.90. The number of rotatable bonds is 9. The number of hydrogen-bond donors (Lipinski definition) is 2. The highest BCUT2D eigenvalue weighted by atomic mass is 16.5. The highest BCUT2D eigenvalue weighted by molar-refractivity contribution is 6.08. The molecule has 1 aromatic rings. The van der Waals surface area contributed by atoms with E-state index in [2.05, 4.69) is 10.6 Å². The lowest BCUT2D eigenvalue weighted by atomic mass is 9.93. The molecule has 1 aliphatic rings. The third kappa shape index (κ3) is 4.79. The van der Waals surface area contributed by atoms with E-state index in [-0.39, 0.29) is 6.54 Å². The van der Waals surface area contributed by atoms with Gasteiger partial charge in [-0.2, -0.15) is 0 Å². The number of imide groups is 1. The molecule has 0 radical (unpaired) electrons. The van der Waals surface area contributed by atoms with E-state index in [9.17, 15) is 19.2 Å². The van der Waals surface area contributed by atoms with Crippen molar-refractivity contribution >= 4 is 23.8 Å². The SMILES string of the molecule is CCC1(CC)NC(=O)N(CC(=O)OCC(=O)NCc2cccc(OC)c2)C1=O. The lowest BCUT2D eigenvalue weighted by molar-refractivity contribution is -0.151. The van der Waals surface area contributed by atoms with Crippen LogP contribution in [0.1, 0.15) is 32.3 Å². The first-order valence-electron chi connectivity index (χ1n) is 9.04. The largest absolute Gasteiger partial charge is 0.497 e. The van der Waals surface area contributed by atoms with E-state index in [4.69, 9.17) is 9.47 Å². The van der Waals surface area contributed by atoms with Crippen LogP contribution in [-0.2, 0) is 25.7 Å². The highest BCUT2D eigenvalue weighted by Gasteiger charge is 2.49. The van der Waals surface area contributed by atoms with Gasteiger partial charge in [-0.3, -0.25) is 19.3 Å². The van der Waals surface area contributed by atoms with Gasteiger partial charge in [0.05, 0.1) is 7.11 Å². The van der Waals surface area contributed by atoms with Crippen molar-refractivity contribution in [2.45, 2.75) is 38.8 Å². The fourth-order valence-electron chi connectivity index (χ4n) is 2.90. The molecule has 28 heavy (non-hydrogen) atoms. The van der Waals surface area contributed by atoms with Gasteiger partial charge in [-0.25, -0.2) is 4.79 Å². The predicted octanol–water partition coefficient (Wildman–Crippen LogP) is 0.965. The maximum atomic E-state index is 12.4. The summed E-state index contributed by atoms with van der Waals surface area (Å²) in [6.07, 6.45) is 0.846. The number of amides is 4. The van der Waals surface area contributed by atoms with Crippen LogP contribution >= 0.6 is 0 Å². The number of methoxy groups -OCH3 is 1. The summed E-state index contributed by atoms with van der Waals surface area (Å²) in [6.45, 7) is 2.79. The number of esters is 1. The smallest absolute Gasteiger partial charge is 0.326 e. The second-order valence-corrected chi connectivity index (χ2v) is 6.40. The lowest BCUT2D eigenvalue weighted by Gasteiger charge is -2.22. The molecule has 9 heteroatoms. The Balaban J connectivity index is 1.79. The maximum Gasteiger partial charge on any atom is 0.326 e. The van der Waals surface area contributed by atoms with Gasteiger partial charge in [0.1, 0.15) is 17.8 Å². The number of benzene rings is 1. The molecule has 2 N–H and O–H groups in total. The molecular formula is C19H25N3O6. The van der Waals surface area contributed by atoms with Gasteiger partial charge in [0, 0.05) is 6.54 Å². The number of urea groups is 1. The van der Waals surface area contributed by atoms with E-state index in [0.717, 1.165) is 10.5 Å². The standard InChI is InChI=1S/C19H25N3O6/c1-4-19(5-2)17(25)22(18(26)21-19)11-16(24)28-12-15(23)20-10-13-7-6-8-14(9-13)27-3/h6-9H,4-5,10-12H2,1-3H3,(H,20,23)(H,21,26). The van der Waals surface area contributed by atoms with Crippen molar-refractivity contribution in [3.63, 3.8) is 0 Å². The Labute approximate surface area is 163 Å². The summed E-state index contributed by atoms with van der Waals surface area (Å²) < 4.78 is 9.99. The molecule has 0 unspecified atom stereocenters. The van der Waals surface area contributed by atoms with Crippen LogP contribution in [0.3, 0.4) is 0 Å². The van der Waals surface area contributed by atoms with Gasteiger partial charge in [-0.15, -0.1) is 0 Å². The number of ether oxygens (including phenoxy) is 2. The van der Waals surface area contributed by atoms with Crippen LogP contribution < -0.4 is 15.4 Å². The minimum absolute atomic E-state index is 0.246. The van der Waals surface area contributed by atoms with Gasteiger partial charge in [0.15, 0.2) is 6.61 Å². The molecule has 1 aliphatic heterocycles. The Hall–Kier alpha value is -3.10. The summed E-state index contributed by atoms with van der Waals surface area (Å²) in [5.41, 5.74) is -0.153. The van der Waals surface area contributed by atoms with Crippen LogP contribution in [-0.4, -0.2) is 54.5 Å². The molecule has 4 amide bonds. The van der Waals surface area contributed by atoms with E-state index < -0.39 is 42.5 Å². The average Bonchev–Trinajstić information content (AvgIpc) is 2.95. The van der Waals surface area contributed by atoms with Crippen molar-refractivity contribution in [1.29, 1.82) is 0 Å². The summed E-state index contributed by atoms with van der Waals surface area (Å²) in [5.74, 6) is -1.11. The zero-order chi connectivity index (χ0) is 20.7. The van der Waals surface area contributed by atoms with Crippen molar-refractivity contribution in [3.8, 4) is 5.75 Å². The molecule has 0 saturated carbocycles. The number of nitrogens with one attached hydrogen (secondary N) is 2. The summed E-state index contributed by atoms with van der Waals surface area (Å²) >= 11 is 0. The minimum atomic E-state index is -0.981. The number of carbonyl (C=O) groups excluding carboxylic acids is 4. The molecule has 0 spiro atoms. The van der Waals surface area contributed by atoms with Crippen LogP contribution in [0, 0.1) is 0 Å². The molecule has 0 aromatic heterocycles. The monoisotopic (exact) mass is 391 g/mol. The molecule has 0 aliphatic carbocycles. The quantitative estimate of drug-likeness (QED) is 0.479. The second kappa shape index (κ2) is 9.20. The molecule has 1 aromatic carbocycles. The van der Waals surface area contributed by atoms with Crippen molar-refractivity contribution in [2.24, 2.45) is 0 Å². The van der Waals surface area contributed by atoms with E-state index >= 15 is 0 Å². The van der Waals surface area contributed by atoms with Gasteiger partial charge in [0.2, 0.25) is 0 Å². The van der Waals surface area contributed by atoms with Crippen LogP contribution in [0.4, 0.5) is 4.79 Å². The molecule has 0 bridgehead atoms. The van der Waals surface area contributed by atoms with Crippen LogP contribution in [0.2, 0.25) is 0 Å². The molecule has 1 heterocycles. The van der Waals surface area contributed by atoms with E-state index in [1.807, 2.05) is 6.07 Å². The van der Waals surface area contributed by atoms with Gasteiger partial charge >= 0.3 is 12.0 Å².